The van der Waals surface area contributed by atoms with Gasteiger partial charge in [-0.25, -0.2) is 9.18 Å². The predicted molar refractivity (Wildman–Crippen MR) is 77.1 cm³/mol. The minimum atomic E-state index is -1.29. The van der Waals surface area contributed by atoms with E-state index < -0.39 is 23.4 Å². The third-order valence-electron chi connectivity index (χ3n) is 2.68. The normalized spacial score (nSPS) is 10.2. The molecule has 0 aliphatic carbocycles. The number of nitrogens with one attached hydrogen (secondary N) is 1. The Hall–Kier alpha value is -2.41. The van der Waals surface area contributed by atoms with Gasteiger partial charge in [-0.05, 0) is 40.2 Å². The fraction of sp³-hybridized carbons (Fsp3) is 0. The Morgan fingerprint density at radius 2 is 1.86 bits per heavy atom. The first kappa shape index (κ1) is 15.0. The molecule has 0 atom stereocenters. The highest BCUT2D eigenvalue weighted by Gasteiger charge is 2.15. The summed E-state index contributed by atoms with van der Waals surface area (Å²) in [5, 5.41) is 20.7. The van der Waals surface area contributed by atoms with Crippen LogP contribution in [0.15, 0.2) is 40.9 Å². The molecule has 2 aromatic rings. The zero-order chi connectivity index (χ0) is 15.6. The monoisotopic (exact) mass is 353 g/mol. The van der Waals surface area contributed by atoms with Gasteiger partial charge >= 0.3 is 5.97 Å². The molecule has 0 unspecified atom stereocenters. The zero-order valence-electron chi connectivity index (χ0n) is 10.4. The minimum Gasteiger partial charge on any atom is -0.507 e. The Balaban J connectivity index is 2.26. The van der Waals surface area contributed by atoms with Crippen molar-refractivity contribution in [3.8, 4) is 5.75 Å². The van der Waals surface area contributed by atoms with Gasteiger partial charge in [0.2, 0.25) is 0 Å². The molecule has 5 nitrogen and oxygen atoms in total. The summed E-state index contributed by atoms with van der Waals surface area (Å²) in [6.45, 7) is 0. The summed E-state index contributed by atoms with van der Waals surface area (Å²) in [4.78, 5) is 22.7. The van der Waals surface area contributed by atoms with E-state index in [4.69, 9.17) is 5.11 Å². The number of aromatic hydroxyl groups is 1. The van der Waals surface area contributed by atoms with Crippen molar-refractivity contribution in [1.82, 2.24) is 0 Å². The molecule has 0 aliphatic rings. The number of carbonyl (C=O) groups excluding carboxylic acids is 1. The van der Waals surface area contributed by atoms with Gasteiger partial charge in [0.05, 0.1) is 10.0 Å². The van der Waals surface area contributed by atoms with Gasteiger partial charge in [0.25, 0.3) is 5.91 Å². The van der Waals surface area contributed by atoms with Crippen LogP contribution in [0.4, 0.5) is 10.1 Å². The Morgan fingerprint density at radius 3 is 2.48 bits per heavy atom. The molecular weight excluding hydrogens is 345 g/mol. The molecule has 7 heteroatoms. The summed E-state index contributed by atoms with van der Waals surface area (Å²) in [6.07, 6.45) is 0. The van der Waals surface area contributed by atoms with Gasteiger partial charge in [-0.15, -0.1) is 0 Å². The molecular formula is C14H9BrFNO4. The van der Waals surface area contributed by atoms with Crippen LogP contribution in [-0.2, 0) is 0 Å². The van der Waals surface area contributed by atoms with Gasteiger partial charge < -0.3 is 15.5 Å². The van der Waals surface area contributed by atoms with Crippen LogP contribution < -0.4 is 5.32 Å². The molecule has 108 valence electrons. The molecule has 0 radical (unpaired) electrons. The van der Waals surface area contributed by atoms with E-state index in [1.54, 1.807) is 0 Å². The van der Waals surface area contributed by atoms with Crippen molar-refractivity contribution < 1.29 is 24.2 Å². The summed E-state index contributed by atoms with van der Waals surface area (Å²) < 4.78 is 13.9. The number of amides is 1. The van der Waals surface area contributed by atoms with Crippen LogP contribution in [-0.4, -0.2) is 22.1 Å². The van der Waals surface area contributed by atoms with Crippen molar-refractivity contribution in [3.05, 3.63) is 57.8 Å². The molecule has 3 N–H and O–H groups in total. The number of carboxylic acids is 1. The van der Waals surface area contributed by atoms with Crippen molar-refractivity contribution >= 4 is 33.5 Å². The lowest BCUT2D eigenvalue weighted by Gasteiger charge is -2.08. The van der Waals surface area contributed by atoms with Crippen molar-refractivity contribution in [1.29, 1.82) is 0 Å². The Kier molecular flexibility index (Phi) is 4.23. The molecule has 21 heavy (non-hydrogen) atoms. The van der Waals surface area contributed by atoms with Crippen molar-refractivity contribution in [2.75, 3.05) is 5.32 Å². The largest absolute Gasteiger partial charge is 0.507 e. The molecule has 0 bridgehead atoms. The van der Waals surface area contributed by atoms with Gasteiger partial charge in [0.1, 0.15) is 17.1 Å². The number of aromatic carboxylic acids is 1. The predicted octanol–water partition coefficient (Wildman–Crippen LogP) is 3.24. The van der Waals surface area contributed by atoms with E-state index in [0.717, 1.165) is 12.1 Å². The van der Waals surface area contributed by atoms with Crippen molar-refractivity contribution in [3.63, 3.8) is 0 Å². The summed E-state index contributed by atoms with van der Waals surface area (Å²) in [5.41, 5.74) is -0.310. The van der Waals surface area contributed by atoms with Crippen LogP contribution in [0.3, 0.4) is 0 Å². The van der Waals surface area contributed by atoms with E-state index in [0.29, 0.717) is 0 Å². The lowest BCUT2D eigenvalue weighted by atomic mass is 10.1. The van der Waals surface area contributed by atoms with Crippen LogP contribution in [0.25, 0.3) is 0 Å². The van der Waals surface area contributed by atoms with Crippen molar-refractivity contribution in [2.45, 2.75) is 0 Å². The highest BCUT2D eigenvalue weighted by atomic mass is 79.9. The van der Waals surface area contributed by atoms with Crippen LogP contribution in [0.5, 0.6) is 5.75 Å². The van der Waals surface area contributed by atoms with E-state index in [1.165, 1.54) is 24.3 Å². The second-order valence-electron chi connectivity index (χ2n) is 4.09. The highest BCUT2D eigenvalue weighted by molar-refractivity contribution is 9.10. The second kappa shape index (κ2) is 5.92. The number of carboxylic acid groups (broad SMARTS) is 1. The summed E-state index contributed by atoms with van der Waals surface area (Å²) in [6, 6.07) is 7.80. The quantitative estimate of drug-likeness (QED) is 0.790. The molecule has 1 amide bonds. The van der Waals surface area contributed by atoms with Gasteiger partial charge in [-0.1, -0.05) is 6.07 Å². The van der Waals surface area contributed by atoms with E-state index in [1.807, 2.05) is 0 Å². The maximum Gasteiger partial charge on any atom is 0.339 e. The van der Waals surface area contributed by atoms with E-state index >= 15 is 0 Å². The summed E-state index contributed by atoms with van der Waals surface area (Å²) in [5.74, 6) is -3.20. The maximum absolute atomic E-state index is 13.8. The third-order valence-corrected chi connectivity index (χ3v) is 3.29. The Labute approximate surface area is 127 Å². The number of benzene rings is 2. The lowest BCUT2D eigenvalue weighted by molar-refractivity contribution is 0.0693. The summed E-state index contributed by atoms with van der Waals surface area (Å²) >= 11 is 2.98. The second-order valence-corrected chi connectivity index (χ2v) is 4.95. The van der Waals surface area contributed by atoms with Crippen molar-refractivity contribution in [2.24, 2.45) is 0 Å². The average Bonchev–Trinajstić information content (AvgIpc) is 2.41. The molecule has 0 spiro atoms. The summed E-state index contributed by atoms with van der Waals surface area (Å²) in [7, 11) is 0. The molecule has 2 aromatic carbocycles. The molecule has 2 rings (SSSR count). The molecule has 0 saturated heterocycles. The first-order valence-electron chi connectivity index (χ1n) is 5.72. The molecule has 0 fully saturated rings. The zero-order valence-corrected chi connectivity index (χ0v) is 12.0. The average molecular weight is 354 g/mol. The number of hydrogen-bond donors (Lipinski definition) is 3. The van der Waals surface area contributed by atoms with Gasteiger partial charge in [-0.2, -0.15) is 0 Å². The van der Waals surface area contributed by atoms with Crippen LogP contribution in [0, 0.1) is 5.82 Å². The number of carbonyl (C=O) groups is 2. The fourth-order valence-corrected chi connectivity index (χ4v) is 2.03. The van der Waals surface area contributed by atoms with E-state index in [-0.39, 0.29) is 21.3 Å². The topological polar surface area (TPSA) is 86.6 Å². The smallest absolute Gasteiger partial charge is 0.339 e. The molecule has 0 aromatic heterocycles. The van der Waals surface area contributed by atoms with Gasteiger partial charge in [-0.3, -0.25) is 4.79 Å². The minimum absolute atomic E-state index is 0.152. The van der Waals surface area contributed by atoms with E-state index in [9.17, 15) is 19.1 Å². The maximum atomic E-state index is 13.8. The van der Waals surface area contributed by atoms with Gasteiger partial charge in [0.15, 0.2) is 0 Å². The highest BCUT2D eigenvalue weighted by Crippen LogP contribution is 2.24. The third kappa shape index (κ3) is 3.19. The number of hydrogen-bond acceptors (Lipinski definition) is 3. The molecule has 0 aliphatic heterocycles. The standard InChI is InChI=1S/C14H9BrFNO4/c15-10-3-1-2-9(12(10)16)13(19)17-7-4-5-8(14(20)21)11(18)6-7/h1-6,18H,(H,17,19)(H,20,21). The van der Waals surface area contributed by atoms with Crippen LogP contribution in [0.2, 0.25) is 0 Å². The number of phenols is 1. The lowest BCUT2D eigenvalue weighted by Crippen LogP contribution is -2.14. The van der Waals surface area contributed by atoms with E-state index in [2.05, 4.69) is 21.2 Å². The first-order chi connectivity index (χ1) is 9.90. The fourth-order valence-electron chi connectivity index (χ4n) is 1.67. The number of rotatable bonds is 3. The molecule has 0 saturated carbocycles. The van der Waals surface area contributed by atoms with Crippen LogP contribution >= 0.6 is 15.9 Å². The Bertz CT molecular complexity index is 733. The SMILES string of the molecule is O=C(O)c1ccc(NC(=O)c2cccc(Br)c2F)cc1O. The molecule has 0 heterocycles. The van der Waals surface area contributed by atoms with Gasteiger partial charge in [0, 0.05) is 11.8 Å². The Morgan fingerprint density at radius 1 is 1.14 bits per heavy atom. The van der Waals surface area contributed by atoms with Crippen LogP contribution in [0.1, 0.15) is 20.7 Å². The number of anilines is 1. The first-order valence-corrected chi connectivity index (χ1v) is 6.51. The number of halogens is 2.